The molecule has 1 aliphatic rings. The second kappa shape index (κ2) is 11.5. The molecule has 200 valence electrons. The van der Waals surface area contributed by atoms with Crippen molar-refractivity contribution in [2.45, 2.75) is 24.2 Å². The molecule has 3 heterocycles. The lowest BCUT2D eigenvalue weighted by Crippen LogP contribution is -2.28. The molecular formula is C27H25FN6O4S. The predicted molar refractivity (Wildman–Crippen MR) is 142 cm³/mol. The van der Waals surface area contributed by atoms with Crippen LogP contribution in [-0.4, -0.2) is 50.2 Å². The topological polar surface area (TPSA) is 115 Å². The number of nitrogens with one attached hydrogen (secondary N) is 1. The number of carbonyl (C=O) groups excluding carboxylic acids is 2. The largest absolute Gasteiger partial charge is 0.497 e. The Kier molecular flexibility index (Phi) is 7.73. The lowest BCUT2D eigenvalue weighted by Gasteiger charge is -2.22. The van der Waals surface area contributed by atoms with Crippen LogP contribution in [-0.2, 0) is 18.4 Å². The Bertz CT molecular complexity index is 1490. The fourth-order valence-corrected chi connectivity index (χ4v) is 4.90. The number of hydrogen-bond donors (Lipinski definition) is 1. The summed E-state index contributed by atoms with van der Waals surface area (Å²) in [5, 5.41) is 17.7. The quantitative estimate of drug-likeness (QED) is 0.315. The summed E-state index contributed by atoms with van der Waals surface area (Å²) in [5.41, 5.74) is 2.41. The molecule has 0 saturated carbocycles. The maximum atomic E-state index is 13.6. The van der Waals surface area contributed by atoms with Gasteiger partial charge in [0.15, 0.2) is 16.7 Å². The highest BCUT2D eigenvalue weighted by atomic mass is 32.2. The molecule has 39 heavy (non-hydrogen) atoms. The first-order valence-corrected chi connectivity index (χ1v) is 13.0. The number of amides is 2. The molecule has 0 saturated heterocycles. The van der Waals surface area contributed by atoms with Crippen LogP contribution in [0.4, 0.5) is 4.39 Å². The Hall–Kier alpha value is -4.45. The van der Waals surface area contributed by atoms with Crippen molar-refractivity contribution in [1.29, 1.82) is 0 Å². The Morgan fingerprint density at radius 3 is 2.59 bits per heavy atom. The fourth-order valence-electron chi connectivity index (χ4n) is 4.11. The number of methoxy groups -OCH3 is 1. The average Bonchev–Trinajstić information content (AvgIpc) is 3.72. The van der Waals surface area contributed by atoms with Gasteiger partial charge in [-0.05, 0) is 59.7 Å². The minimum Gasteiger partial charge on any atom is -0.497 e. The van der Waals surface area contributed by atoms with Gasteiger partial charge in [-0.3, -0.25) is 9.59 Å². The summed E-state index contributed by atoms with van der Waals surface area (Å²) in [5.74, 6) is 0.567. The van der Waals surface area contributed by atoms with Crippen molar-refractivity contribution in [2.75, 3.05) is 12.9 Å². The summed E-state index contributed by atoms with van der Waals surface area (Å²) in [6.07, 6.45) is 1.91. The smallest absolute Gasteiger partial charge is 0.287 e. The van der Waals surface area contributed by atoms with Crippen LogP contribution >= 0.6 is 11.8 Å². The van der Waals surface area contributed by atoms with E-state index in [2.05, 4.69) is 20.6 Å². The van der Waals surface area contributed by atoms with E-state index < -0.39 is 0 Å². The van der Waals surface area contributed by atoms with E-state index in [1.807, 2.05) is 24.3 Å². The highest BCUT2D eigenvalue weighted by Crippen LogP contribution is 2.34. The monoisotopic (exact) mass is 548 g/mol. The van der Waals surface area contributed by atoms with Crippen molar-refractivity contribution in [3.05, 3.63) is 95.5 Å². The normalized spacial score (nSPS) is 14.8. The van der Waals surface area contributed by atoms with Crippen LogP contribution in [0.3, 0.4) is 0 Å². The van der Waals surface area contributed by atoms with E-state index in [4.69, 9.17) is 9.15 Å². The van der Waals surface area contributed by atoms with Crippen LogP contribution in [0.15, 0.2) is 81.6 Å². The number of hydrazone groups is 1. The molecule has 2 aromatic carbocycles. The molecular weight excluding hydrogens is 523 g/mol. The van der Waals surface area contributed by atoms with E-state index in [0.29, 0.717) is 17.4 Å². The van der Waals surface area contributed by atoms with Gasteiger partial charge in [0.2, 0.25) is 0 Å². The summed E-state index contributed by atoms with van der Waals surface area (Å²) in [6.45, 7) is 0.145. The lowest BCUT2D eigenvalue weighted by molar-refractivity contribution is -0.130. The highest BCUT2D eigenvalue weighted by Gasteiger charge is 2.33. The molecule has 10 nitrogen and oxygen atoms in total. The molecule has 0 fully saturated rings. The molecule has 0 radical (unpaired) electrons. The van der Waals surface area contributed by atoms with Crippen LogP contribution in [0.5, 0.6) is 5.75 Å². The van der Waals surface area contributed by atoms with Gasteiger partial charge in [0.05, 0.1) is 37.4 Å². The van der Waals surface area contributed by atoms with E-state index in [9.17, 15) is 14.0 Å². The van der Waals surface area contributed by atoms with Crippen LogP contribution in [0.1, 0.15) is 40.0 Å². The lowest BCUT2D eigenvalue weighted by atomic mass is 9.98. The van der Waals surface area contributed by atoms with Crippen LogP contribution < -0.4 is 10.1 Å². The molecule has 2 aromatic heterocycles. The van der Waals surface area contributed by atoms with E-state index in [1.165, 1.54) is 35.2 Å². The SMILES string of the molecule is COc1ccc(C2=NN(C(=O)CSc3nnc(CNC(=O)c4ccco4)n3C)C(c3ccc(F)cc3)C2)cc1. The molecule has 0 aliphatic carbocycles. The number of thioether (sulfide) groups is 1. The number of furan rings is 1. The third-order valence-electron chi connectivity index (χ3n) is 6.25. The molecule has 5 rings (SSSR count). The van der Waals surface area contributed by atoms with Crippen molar-refractivity contribution < 1.29 is 23.1 Å². The number of carbonyl (C=O) groups is 2. The highest BCUT2D eigenvalue weighted by molar-refractivity contribution is 7.99. The Morgan fingerprint density at radius 2 is 1.90 bits per heavy atom. The zero-order valence-electron chi connectivity index (χ0n) is 21.2. The van der Waals surface area contributed by atoms with Gasteiger partial charge in [0.1, 0.15) is 11.6 Å². The van der Waals surface area contributed by atoms with Crippen molar-refractivity contribution in [1.82, 2.24) is 25.1 Å². The molecule has 2 amide bonds. The average molecular weight is 549 g/mol. The molecule has 1 N–H and O–H groups in total. The first-order chi connectivity index (χ1) is 18.9. The summed E-state index contributed by atoms with van der Waals surface area (Å²) in [7, 11) is 3.36. The van der Waals surface area contributed by atoms with Crippen LogP contribution in [0.25, 0.3) is 0 Å². The van der Waals surface area contributed by atoms with Gasteiger partial charge in [-0.2, -0.15) is 5.10 Å². The summed E-state index contributed by atoms with van der Waals surface area (Å²) < 4.78 is 25.6. The van der Waals surface area contributed by atoms with Crippen LogP contribution in [0, 0.1) is 5.82 Å². The van der Waals surface area contributed by atoms with Crippen molar-refractivity contribution in [3.63, 3.8) is 0 Å². The zero-order valence-corrected chi connectivity index (χ0v) is 22.0. The summed E-state index contributed by atoms with van der Waals surface area (Å²) >= 11 is 1.22. The number of aromatic nitrogens is 3. The van der Waals surface area contributed by atoms with Crippen molar-refractivity contribution in [3.8, 4) is 5.75 Å². The zero-order chi connectivity index (χ0) is 27.4. The number of halogens is 1. The summed E-state index contributed by atoms with van der Waals surface area (Å²) in [6, 6.07) is 16.4. The molecule has 0 spiro atoms. The van der Waals surface area contributed by atoms with E-state index >= 15 is 0 Å². The minimum absolute atomic E-state index is 0.0574. The predicted octanol–water partition coefficient (Wildman–Crippen LogP) is 3.96. The van der Waals surface area contributed by atoms with Crippen LogP contribution in [0.2, 0.25) is 0 Å². The number of nitrogens with zero attached hydrogens (tertiary/aromatic N) is 5. The van der Waals surface area contributed by atoms with Gasteiger partial charge in [0, 0.05) is 13.5 Å². The standard InChI is InChI=1S/C27H25FN6O4S/c1-33-24(15-29-26(36)23-4-3-13-38-23)30-31-27(33)39-16-25(35)34-22(18-5-9-19(28)10-6-18)14-21(32-34)17-7-11-20(37-2)12-8-17/h3-13,22H,14-16H2,1-2H3,(H,29,36). The first kappa shape index (κ1) is 26.2. The van der Waals surface area contributed by atoms with Gasteiger partial charge < -0.3 is 19.0 Å². The van der Waals surface area contributed by atoms with Crippen molar-refractivity contribution >= 4 is 29.3 Å². The second-order valence-corrected chi connectivity index (χ2v) is 9.63. The van der Waals surface area contributed by atoms with E-state index in [0.717, 1.165) is 22.6 Å². The second-order valence-electron chi connectivity index (χ2n) is 8.69. The fraction of sp³-hybridized carbons (Fsp3) is 0.222. The Balaban J connectivity index is 1.28. The number of hydrogen-bond acceptors (Lipinski definition) is 8. The third-order valence-corrected chi connectivity index (χ3v) is 7.25. The van der Waals surface area contributed by atoms with E-state index in [1.54, 1.807) is 43.0 Å². The maximum Gasteiger partial charge on any atom is 0.287 e. The molecule has 1 unspecified atom stereocenters. The van der Waals surface area contributed by atoms with Gasteiger partial charge in [-0.15, -0.1) is 10.2 Å². The maximum absolute atomic E-state index is 13.6. The number of benzene rings is 2. The molecule has 0 bridgehead atoms. The molecule has 4 aromatic rings. The molecule has 1 atom stereocenters. The third kappa shape index (κ3) is 5.85. The molecule has 1 aliphatic heterocycles. The Morgan fingerprint density at radius 1 is 1.13 bits per heavy atom. The number of ether oxygens (including phenoxy) is 1. The Labute approximate surface area is 227 Å². The van der Waals surface area contributed by atoms with Gasteiger partial charge in [-0.1, -0.05) is 23.9 Å². The first-order valence-electron chi connectivity index (χ1n) is 12.0. The van der Waals surface area contributed by atoms with E-state index in [-0.39, 0.29) is 41.7 Å². The van der Waals surface area contributed by atoms with Crippen molar-refractivity contribution in [2.24, 2.45) is 12.1 Å². The minimum atomic E-state index is -0.373. The summed E-state index contributed by atoms with van der Waals surface area (Å²) in [4.78, 5) is 25.5. The van der Waals surface area contributed by atoms with Gasteiger partial charge >= 0.3 is 0 Å². The number of rotatable bonds is 9. The van der Waals surface area contributed by atoms with Gasteiger partial charge in [-0.25, -0.2) is 9.40 Å². The van der Waals surface area contributed by atoms with Gasteiger partial charge in [0.25, 0.3) is 11.8 Å². The molecule has 12 heteroatoms.